The van der Waals surface area contributed by atoms with Gasteiger partial charge < -0.3 is 19.9 Å². The summed E-state index contributed by atoms with van der Waals surface area (Å²) in [4.78, 5) is 37.5. The van der Waals surface area contributed by atoms with Crippen molar-refractivity contribution >= 4 is 29.8 Å². The Morgan fingerprint density at radius 2 is 1.83 bits per heavy atom. The Bertz CT molecular complexity index is 556. The molecule has 1 aliphatic rings. The maximum absolute atomic E-state index is 12.0. The van der Waals surface area contributed by atoms with E-state index < -0.39 is 0 Å². The van der Waals surface area contributed by atoms with Crippen molar-refractivity contribution in [3.8, 4) is 5.75 Å². The zero-order valence-electron chi connectivity index (χ0n) is 12.5. The van der Waals surface area contributed by atoms with E-state index in [2.05, 4.69) is 5.32 Å². The molecular weight excluding hydrogens is 322 g/mol. The standard InChI is InChI=1S/C15H18ClN3O4/c16-12-1-3-13(4-2-12)23-10-14(21)17-9-15(22)19-7-5-18(11-20)6-8-19/h1-4,11H,5-10H2,(H,17,21). The third kappa shape index (κ3) is 5.45. The molecule has 1 heterocycles. The van der Waals surface area contributed by atoms with Crippen molar-refractivity contribution in [2.45, 2.75) is 0 Å². The summed E-state index contributed by atoms with van der Waals surface area (Å²) in [6.07, 6.45) is 0.775. The quantitative estimate of drug-likeness (QED) is 0.748. The van der Waals surface area contributed by atoms with E-state index in [9.17, 15) is 14.4 Å². The van der Waals surface area contributed by atoms with Crippen molar-refractivity contribution in [1.82, 2.24) is 15.1 Å². The van der Waals surface area contributed by atoms with Crippen LogP contribution in [-0.4, -0.2) is 67.4 Å². The molecule has 124 valence electrons. The maximum Gasteiger partial charge on any atom is 0.258 e. The minimum Gasteiger partial charge on any atom is -0.484 e. The SMILES string of the molecule is O=CN1CCN(C(=O)CNC(=O)COc2ccc(Cl)cc2)CC1. The number of carbonyl (C=O) groups is 3. The first-order chi connectivity index (χ1) is 11.1. The number of amides is 3. The van der Waals surface area contributed by atoms with Crippen molar-refractivity contribution < 1.29 is 19.1 Å². The molecule has 1 aromatic carbocycles. The average Bonchev–Trinajstić information content (AvgIpc) is 2.59. The number of benzene rings is 1. The smallest absolute Gasteiger partial charge is 0.258 e. The predicted octanol–water partition coefficient (Wildman–Crippen LogP) is 0.136. The highest BCUT2D eigenvalue weighted by atomic mass is 35.5. The molecule has 3 amide bonds. The van der Waals surface area contributed by atoms with Crippen LogP contribution in [0.25, 0.3) is 0 Å². The molecular formula is C15H18ClN3O4. The lowest BCUT2D eigenvalue weighted by molar-refractivity contribution is -0.136. The van der Waals surface area contributed by atoms with E-state index in [1.807, 2.05) is 0 Å². The van der Waals surface area contributed by atoms with Gasteiger partial charge in [0.2, 0.25) is 12.3 Å². The molecule has 1 fully saturated rings. The van der Waals surface area contributed by atoms with E-state index in [0.717, 1.165) is 6.41 Å². The summed E-state index contributed by atoms with van der Waals surface area (Å²) in [7, 11) is 0. The third-order valence-corrected chi connectivity index (χ3v) is 3.69. The number of nitrogens with one attached hydrogen (secondary N) is 1. The Morgan fingerprint density at radius 3 is 2.43 bits per heavy atom. The summed E-state index contributed by atoms with van der Waals surface area (Å²) in [6.45, 7) is 1.74. The molecule has 23 heavy (non-hydrogen) atoms. The van der Waals surface area contributed by atoms with Crippen LogP contribution >= 0.6 is 11.6 Å². The van der Waals surface area contributed by atoms with Gasteiger partial charge in [-0.25, -0.2) is 0 Å². The molecule has 0 bridgehead atoms. The number of nitrogens with zero attached hydrogens (tertiary/aromatic N) is 2. The van der Waals surface area contributed by atoms with Gasteiger partial charge in [0.05, 0.1) is 6.54 Å². The number of piperazine rings is 1. The van der Waals surface area contributed by atoms with Crippen LogP contribution < -0.4 is 10.1 Å². The second-order valence-electron chi connectivity index (χ2n) is 5.04. The van der Waals surface area contributed by atoms with Gasteiger partial charge in [-0.05, 0) is 24.3 Å². The topological polar surface area (TPSA) is 79.0 Å². The van der Waals surface area contributed by atoms with Gasteiger partial charge in [0.25, 0.3) is 5.91 Å². The zero-order valence-corrected chi connectivity index (χ0v) is 13.3. The van der Waals surface area contributed by atoms with E-state index in [1.165, 1.54) is 0 Å². The van der Waals surface area contributed by atoms with Crippen LogP contribution in [0.5, 0.6) is 5.75 Å². The Labute approximate surface area is 139 Å². The predicted molar refractivity (Wildman–Crippen MR) is 84.2 cm³/mol. The number of halogens is 1. The molecule has 0 aliphatic carbocycles. The van der Waals surface area contributed by atoms with Crippen LogP contribution in [0.2, 0.25) is 5.02 Å². The van der Waals surface area contributed by atoms with Crippen molar-refractivity contribution in [1.29, 1.82) is 0 Å². The highest BCUT2D eigenvalue weighted by Crippen LogP contribution is 2.15. The van der Waals surface area contributed by atoms with Crippen LogP contribution in [0.15, 0.2) is 24.3 Å². The normalized spacial score (nSPS) is 14.3. The van der Waals surface area contributed by atoms with Gasteiger partial charge in [0, 0.05) is 31.2 Å². The fraction of sp³-hybridized carbons (Fsp3) is 0.400. The molecule has 0 radical (unpaired) electrons. The fourth-order valence-electron chi connectivity index (χ4n) is 2.09. The molecule has 0 aromatic heterocycles. The Morgan fingerprint density at radius 1 is 1.17 bits per heavy atom. The van der Waals surface area contributed by atoms with Crippen molar-refractivity contribution in [2.75, 3.05) is 39.3 Å². The van der Waals surface area contributed by atoms with E-state index >= 15 is 0 Å². The molecule has 1 saturated heterocycles. The second kappa shape index (κ2) is 8.38. The second-order valence-corrected chi connectivity index (χ2v) is 5.48. The maximum atomic E-state index is 12.0. The van der Waals surface area contributed by atoms with Crippen molar-refractivity contribution in [2.24, 2.45) is 0 Å². The lowest BCUT2D eigenvalue weighted by atomic mass is 10.3. The summed E-state index contributed by atoms with van der Waals surface area (Å²) in [5.41, 5.74) is 0. The number of hydrogen-bond donors (Lipinski definition) is 1. The molecule has 2 rings (SSSR count). The van der Waals surface area contributed by atoms with Gasteiger partial charge in [-0.3, -0.25) is 14.4 Å². The molecule has 8 heteroatoms. The Kier molecular flexibility index (Phi) is 6.22. The van der Waals surface area contributed by atoms with Crippen LogP contribution in [0.1, 0.15) is 0 Å². The van der Waals surface area contributed by atoms with Gasteiger partial charge in [-0.2, -0.15) is 0 Å². The van der Waals surface area contributed by atoms with Crippen LogP contribution in [0, 0.1) is 0 Å². The van der Waals surface area contributed by atoms with Crippen LogP contribution in [0.4, 0.5) is 0 Å². The molecule has 0 saturated carbocycles. The molecule has 0 spiro atoms. The Balaban J connectivity index is 1.66. The molecule has 7 nitrogen and oxygen atoms in total. The number of carbonyl (C=O) groups excluding carboxylic acids is 3. The van der Waals surface area contributed by atoms with Gasteiger partial charge in [-0.1, -0.05) is 11.6 Å². The van der Waals surface area contributed by atoms with Crippen LogP contribution in [0.3, 0.4) is 0 Å². The molecule has 0 unspecified atom stereocenters. The Hall–Kier alpha value is -2.28. The summed E-state index contributed by atoms with van der Waals surface area (Å²) in [5.74, 6) is -0.0175. The monoisotopic (exact) mass is 339 g/mol. The fourth-order valence-corrected chi connectivity index (χ4v) is 2.22. The number of hydrogen-bond acceptors (Lipinski definition) is 4. The molecule has 0 atom stereocenters. The summed E-state index contributed by atoms with van der Waals surface area (Å²) >= 11 is 5.75. The van der Waals surface area contributed by atoms with Crippen LogP contribution in [-0.2, 0) is 14.4 Å². The molecule has 1 aromatic rings. The number of ether oxygens (including phenoxy) is 1. The first-order valence-electron chi connectivity index (χ1n) is 7.20. The minimum absolute atomic E-state index is 0.0795. The lowest BCUT2D eigenvalue weighted by Gasteiger charge is -2.32. The summed E-state index contributed by atoms with van der Waals surface area (Å²) in [5, 5.41) is 3.11. The van der Waals surface area contributed by atoms with E-state index in [-0.39, 0.29) is 25.0 Å². The number of rotatable bonds is 6. The summed E-state index contributed by atoms with van der Waals surface area (Å²) < 4.78 is 5.29. The zero-order chi connectivity index (χ0) is 16.7. The van der Waals surface area contributed by atoms with E-state index in [4.69, 9.17) is 16.3 Å². The minimum atomic E-state index is -0.375. The van der Waals surface area contributed by atoms with E-state index in [0.29, 0.717) is 37.0 Å². The first-order valence-corrected chi connectivity index (χ1v) is 7.58. The van der Waals surface area contributed by atoms with E-state index in [1.54, 1.807) is 34.1 Å². The lowest BCUT2D eigenvalue weighted by Crippen LogP contribution is -2.51. The molecule has 1 aliphatic heterocycles. The van der Waals surface area contributed by atoms with Gasteiger partial charge in [0.1, 0.15) is 5.75 Å². The van der Waals surface area contributed by atoms with Crippen molar-refractivity contribution in [3.63, 3.8) is 0 Å². The highest BCUT2D eigenvalue weighted by molar-refractivity contribution is 6.30. The van der Waals surface area contributed by atoms with Crippen molar-refractivity contribution in [3.05, 3.63) is 29.3 Å². The molecule has 1 N–H and O–H groups in total. The highest BCUT2D eigenvalue weighted by Gasteiger charge is 2.20. The van der Waals surface area contributed by atoms with Gasteiger partial charge >= 0.3 is 0 Å². The van der Waals surface area contributed by atoms with Gasteiger partial charge in [-0.15, -0.1) is 0 Å². The third-order valence-electron chi connectivity index (χ3n) is 3.44. The first kappa shape index (κ1) is 17.1. The largest absolute Gasteiger partial charge is 0.484 e. The van der Waals surface area contributed by atoms with Gasteiger partial charge in [0.15, 0.2) is 6.61 Å². The summed E-state index contributed by atoms with van der Waals surface area (Å²) in [6, 6.07) is 6.65. The average molecular weight is 340 g/mol.